The molecule has 2 heterocycles. The summed E-state index contributed by atoms with van der Waals surface area (Å²) in [5, 5.41) is 16.2. The van der Waals surface area contributed by atoms with E-state index >= 15 is 0 Å². The summed E-state index contributed by atoms with van der Waals surface area (Å²) < 4.78 is 1.76. The van der Waals surface area contributed by atoms with Gasteiger partial charge in [-0.3, -0.25) is 0 Å². The topological polar surface area (TPSA) is 68.0 Å². The van der Waals surface area contributed by atoms with Crippen LogP contribution in [0.4, 0.5) is 0 Å². The van der Waals surface area contributed by atoms with Gasteiger partial charge < -0.3 is 5.11 Å². The van der Waals surface area contributed by atoms with E-state index < -0.39 is 5.97 Å². The minimum Gasteiger partial charge on any atom is -0.476 e. The van der Waals surface area contributed by atoms with Crippen molar-refractivity contribution in [1.29, 1.82) is 0 Å². The van der Waals surface area contributed by atoms with E-state index in [-0.39, 0.29) is 11.1 Å². The lowest BCUT2D eigenvalue weighted by atomic mass is 9.86. The Morgan fingerprint density at radius 2 is 1.67 bits per heavy atom. The first-order chi connectivity index (χ1) is 14.3. The minimum absolute atomic E-state index is 0.0263. The lowest BCUT2D eigenvalue weighted by molar-refractivity contribution is 0.0691. The van der Waals surface area contributed by atoms with Crippen molar-refractivity contribution in [2.24, 2.45) is 0 Å². The molecule has 0 aliphatic carbocycles. The Labute approximate surface area is 179 Å². The zero-order valence-electron chi connectivity index (χ0n) is 17.4. The SMILES string of the molecule is Cc1c(-c2ccccc2)nn(-c2nc(C(=O)O)cs2)c1-c1ccc(C(C)(C)C)cc1. The highest BCUT2D eigenvalue weighted by Crippen LogP contribution is 2.35. The summed E-state index contributed by atoms with van der Waals surface area (Å²) in [6, 6.07) is 18.5. The molecular formula is C24H23N3O2S. The molecule has 5 nitrogen and oxygen atoms in total. The molecule has 4 aromatic rings. The van der Waals surface area contributed by atoms with Gasteiger partial charge in [-0.15, -0.1) is 11.3 Å². The second-order valence-electron chi connectivity index (χ2n) is 8.25. The maximum atomic E-state index is 11.3. The fraction of sp³-hybridized carbons (Fsp3) is 0.208. The second kappa shape index (κ2) is 7.54. The summed E-state index contributed by atoms with van der Waals surface area (Å²) in [4.78, 5) is 15.6. The van der Waals surface area contributed by atoms with Crippen LogP contribution in [0.5, 0.6) is 0 Å². The quantitative estimate of drug-likeness (QED) is 0.444. The summed E-state index contributed by atoms with van der Waals surface area (Å²) >= 11 is 1.27. The molecule has 0 bridgehead atoms. The van der Waals surface area contributed by atoms with E-state index in [1.165, 1.54) is 16.9 Å². The smallest absolute Gasteiger partial charge is 0.355 e. The van der Waals surface area contributed by atoms with Crippen LogP contribution in [0.15, 0.2) is 60.0 Å². The van der Waals surface area contributed by atoms with Gasteiger partial charge >= 0.3 is 5.97 Å². The van der Waals surface area contributed by atoms with Gasteiger partial charge in [0, 0.05) is 22.1 Å². The lowest BCUT2D eigenvalue weighted by Crippen LogP contribution is -2.10. The van der Waals surface area contributed by atoms with Gasteiger partial charge in [0.05, 0.1) is 11.4 Å². The van der Waals surface area contributed by atoms with Crippen LogP contribution in [0.2, 0.25) is 0 Å². The molecule has 0 saturated heterocycles. The fourth-order valence-electron chi connectivity index (χ4n) is 3.43. The Bertz CT molecular complexity index is 1200. The number of hydrogen-bond acceptors (Lipinski definition) is 4. The van der Waals surface area contributed by atoms with Gasteiger partial charge in [0.15, 0.2) is 5.69 Å². The van der Waals surface area contributed by atoms with E-state index in [0.717, 1.165) is 28.1 Å². The molecule has 2 aromatic heterocycles. The first kappa shape index (κ1) is 20.0. The number of carboxylic acids is 1. The van der Waals surface area contributed by atoms with Crippen LogP contribution in [0.25, 0.3) is 27.6 Å². The van der Waals surface area contributed by atoms with Crippen LogP contribution in [0.1, 0.15) is 42.4 Å². The van der Waals surface area contributed by atoms with Gasteiger partial charge in [0.1, 0.15) is 0 Å². The molecule has 30 heavy (non-hydrogen) atoms. The van der Waals surface area contributed by atoms with Crippen molar-refractivity contribution >= 4 is 17.3 Å². The van der Waals surface area contributed by atoms with E-state index in [4.69, 9.17) is 5.10 Å². The predicted octanol–water partition coefficient (Wildman–Crippen LogP) is 5.97. The van der Waals surface area contributed by atoms with E-state index in [0.29, 0.717) is 5.13 Å². The van der Waals surface area contributed by atoms with Crippen LogP contribution < -0.4 is 0 Å². The number of aromatic nitrogens is 3. The number of carboxylic acid groups (broad SMARTS) is 1. The zero-order chi connectivity index (χ0) is 21.5. The first-order valence-corrected chi connectivity index (χ1v) is 10.6. The van der Waals surface area contributed by atoms with Crippen molar-refractivity contribution < 1.29 is 9.90 Å². The third-order valence-corrected chi connectivity index (χ3v) is 5.90. The Kier molecular flexibility index (Phi) is 5.03. The maximum Gasteiger partial charge on any atom is 0.355 e. The van der Waals surface area contributed by atoms with Gasteiger partial charge in [0.2, 0.25) is 5.13 Å². The number of benzene rings is 2. The fourth-order valence-corrected chi connectivity index (χ4v) is 4.18. The highest BCUT2D eigenvalue weighted by molar-refractivity contribution is 7.12. The third kappa shape index (κ3) is 3.66. The largest absolute Gasteiger partial charge is 0.476 e. The van der Waals surface area contributed by atoms with Gasteiger partial charge in [0.25, 0.3) is 0 Å². The van der Waals surface area contributed by atoms with Crippen molar-refractivity contribution in [2.75, 3.05) is 0 Å². The molecule has 1 N–H and O–H groups in total. The van der Waals surface area contributed by atoms with Gasteiger partial charge in [-0.1, -0.05) is 75.4 Å². The number of nitrogens with zero attached hydrogens (tertiary/aromatic N) is 3. The highest BCUT2D eigenvalue weighted by atomic mass is 32.1. The minimum atomic E-state index is -1.04. The average molecular weight is 418 g/mol. The molecule has 0 atom stereocenters. The van der Waals surface area contributed by atoms with Crippen LogP contribution in [0.3, 0.4) is 0 Å². The zero-order valence-corrected chi connectivity index (χ0v) is 18.2. The van der Waals surface area contributed by atoms with E-state index in [1.54, 1.807) is 10.1 Å². The third-order valence-electron chi connectivity index (χ3n) is 5.09. The summed E-state index contributed by atoms with van der Waals surface area (Å²) in [5.41, 5.74) is 6.17. The normalized spacial score (nSPS) is 11.6. The lowest BCUT2D eigenvalue weighted by Gasteiger charge is -2.19. The standard InChI is InChI=1S/C24H23N3O2S/c1-15-20(16-8-6-5-7-9-16)26-27(23-25-19(14-30-23)22(28)29)21(15)17-10-12-18(13-11-17)24(2,3)4/h5-14H,1-4H3,(H,28,29). The van der Waals surface area contributed by atoms with Crippen molar-refractivity contribution in [3.05, 3.63) is 76.8 Å². The number of aromatic carboxylic acids is 1. The maximum absolute atomic E-state index is 11.3. The number of hydrogen-bond donors (Lipinski definition) is 1. The summed E-state index contributed by atoms with van der Waals surface area (Å²) in [6.45, 7) is 8.61. The predicted molar refractivity (Wildman–Crippen MR) is 121 cm³/mol. The summed E-state index contributed by atoms with van der Waals surface area (Å²) in [6.07, 6.45) is 0. The first-order valence-electron chi connectivity index (χ1n) is 9.71. The van der Waals surface area contributed by atoms with Gasteiger partial charge in [-0.2, -0.15) is 5.10 Å². The molecule has 0 saturated carbocycles. The van der Waals surface area contributed by atoms with Crippen LogP contribution in [-0.4, -0.2) is 25.8 Å². The monoisotopic (exact) mass is 417 g/mol. The Hall–Kier alpha value is -3.25. The molecule has 0 amide bonds. The number of thiazole rings is 1. The molecule has 152 valence electrons. The van der Waals surface area contributed by atoms with Crippen LogP contribution in [-0.2, 0) is 5.41 Å². The van der Waals surface area contributed by atoms with E-state index in [9.17, 15) is 9.90 Å². The molecule has 0 fully saturated rings. The van der Waals surface area contributed by atoms with Crippen molar-refractivity contribution in [3.8, 4) is 27.6 Å². The summed E-state index contributed by atoms with van der Waals surface area (Å²) in [5.74, 6) is -1.04. The van der Waals surface area contributed by atoms with Gasteiger partial charge in [-0.05, 0) is 17.9 Å². The Morgan fingerprint density at radius 1 is 1.00 bits per heavy atom. The number of carbonyl (C=O) groups is 1. The molecule has 6 heteroatoms. The molecule has 2 aromatic carbocycles. The average Bonchev–Trinajstić information content (AvgIpc) is 3.33. The Balaban J connectivity index is 1.91. The molecular weight excluding hydrogens is 394 g/mol. The molecule has 0 aliphatic rings. The van der Waals surface area contributed by atoms with Crippen LogP contribution >= 0.6 is 11.3 Å². The van der Waals surface area contributed by atoms with E-state index in [2.05, 4.69) is 50.0 Å². The molecule has 4 rings (SSSR count). The van der Waals surface area contributed by atoms with Crippen LogP contribution in [0, 0.1) is 6.92 Å². The Morgan fingerprint density at radius 3 is 2.23 bits per heavy atom. The molecule has 0 radical (unpaired) electrons. The molecule has 0 spiro atoms. The van der Waals surface area contributed by atoms with Crippen molar-refractivity contribution in [3.63, 3.8) is 0 Å². The summed E-state index contributed by atoms with van der Waals surface area (Å²) in [7, 11) is 0. The number of rotatable bonds is 4. The van der Waals surface area contributed by atoms with Crippen molar-refractivity contribution in [2.45, 2.75) is 33.1 Å². The molecule has 0 unspecified atom stereocenters. The highest BCUT2D eigenvalue weighted by Gasteiger charge is 2.22. The molecule has 0 aliphatic heterocycles. The van der Waals surface area contributed by atoms with Gasteiger partial charge in [-0.25, -0.2) is 14.5 Å². The second-order valence-corrected chi connectivity index (χ2v) is 9.08. The van der Waals surface area contributed by atoms with E-state index in [1.807, 2.05) is 37.3 Å². The van der Waals surface area contributed by atoms with Crippen molar-refractivity contribution in [1.82, 2.24) is 14.8 Å².